The highest BCUT2D eigenvalue weighted by Crippen LogP contribution is 2.28. The molecule has 1 aliphatic rings. The number of carbonyl (C=O) groups excluding carboxylic acids is 1. The Morgan fingerprint density at radius 2 is 2.28 bits per heavy atom. The lowest BCUT2D eigenvalue weighted by atomic mass is 10.2. The Morgan fingerprint density at radius 3 is 2.94 bits per heavy atom. The number of nitrogens with zero attached hydrogens (tertiary/aromatic N) is 1. The molecule has 2 atom stereocenters. The molecule has 0 spiro atoms. The number of benzene rings is 1. The zero-order valence-corrected chi connectivity index (χ0v) is 11.9. The van der Waals surface area contributed by atoms with Gasteiger partial charge in [0.1, 0.15) is 6.10 Å². The van der Waals surface area contributed by atoms with E-state index in [1.54, 1.807) is 0 Å². The van der Waals surface area contributed by atoms with Gasteiger partial charge in [-0.1, -0.05) is 12.1 Å². The monoisotopic (exact) mass is 312 g/mol. The Bertz CT molecular complexity index is 437. The van der Waals surface area contributed by atoms with Crippen LogP contribution in [0.15, 0.2) is 28.7 Å². The number of aliphatic hydroxyl groups is 1. The minimum Gasteiger partial charge on any atom is -0.384 e. The van der Waals surface area contributed by atoms with Crippen molar-refractivity contribution in [1.82, 2.24) is 5.32 Å². The molecule has 1 amide bonds. The van der Waals surface area contributed by atoms with Crippen molar-refractivity contribution in [3.8, 4) is 0 Å². The molecule has 2 N–H and O–H groups in total. The maximum atomic E-state index is 11.4. The van der Waals surface area contributed by atoms with Gasteiger partial charge in [0.15, 0.2) is 0 Å². The van der Waals surface area contributed by atoms with Crippen LogP contribution in [0.1, 0.15) is 13.3 Å². The summed E-state index contributed by atoms with van der Waals surface area (Å²) in [5.41, 5.74) is 1.14. The molecule has 0 radical (unpaired) electrons. The molecule has 0 bridgehead atoms. The van der Waals surface area contributed by atoms with Gasteiger partial charge in [-0.15, -0.1) is 0 Å². The van der Waals surface area contributed by atoms with Gasteiger partial charge in [-0.05, 0) is 41.4 Å². The third kappa shape index (κ3) is 3.03. The average Bonchev–Trinajstić information content (AvgIpc) is 2.77. The fourth-order valence-electron chi connectivity index (χ4n) is 2.13. The fourth-order valence-corrected chi connectivity index (χ4v) is 2.66. The van der Waals surface area contributed by atoms with Gasteiger partial charge in [0, 0.05) is 23.6 Å². The molecule has 5 heteroatoms. The van der Waals surface area contributed by atoms with Crippen LogP contribution < -0.4 is 10.2 Å². The summed E-state index contributed by atoms with van der Waals surface area (Å²) in [6.45, 7) is 3.17. The quantitative estimate of drug-likeness (QED) is 0.890. The van der Waals surface area contributed by atoms with Crippen LogP contribution in [0, 0.1) is 0 Å². The molecular weight excluding hydrogens is 296 g/mol. The van der Waals surface area contributed by atoms with Crippen LogP contribution in [0.3, 0.4) is 0 Å². The van der Waals surface area contributed by atoms with Crippen molar-refractivity contribution in [1.29, 1.82) is 0 Å². The second-order valence-corrected chi connectivity index (χ2v) is 5.42. The van der Waals surface area contributed by atoms with Gasteiger partial charge in [0.25, 0.3) is 0 Å². The van der Waals surface area contributed by atoms with Crippen molar-refractivity contribution < 1.29 is 9.90 Å². The van der Waals surface area contributed by atoms with Gasteiger partial charge in [-0.25, -0.2) is 0 Å². The van der Waals surface area contributed by atoms with Crippen molar-refractivity contribution in [3.05, 3.63) is 28.7 Å². The fraction of sp³-hybridized carbons (Fsp3) is 0.462. The van der Waals surface area contributed by atoms with Gasteiger partial charge >= 0.3 is 0 Å². The van der Waals surface area contributed by atoms with Crippen molar-refractivity contribution in [3.63, 3.8) is 0 Å². The normalized spacial score (nSPS) is 20.8. The Morgan fingerprint density at radius 1 is 1.56 bits per heavy atom. The van der Waals surface area contributed by atoms with E-state index in [4.69, 9.17) is 0 Å². The van der Waals surface area contributed by atoms with Gasteiger partial charge in [0.05, 0.1) is 5.69 Å². The standard InChI is InChI=1S/C13H17BrN2O2/c1-9(17)13(18)15-10-6-7-16(8-10)12-5-3-2-4-11(12)14/h2-5,9-10,17H,6-8H2,1H3,(H,15,18)/t9-,10+/m0/s1. The maximum absolute atomic E-state index is 11.4. The van der Waals surface area contributed by atoms with Crippen LogP contribution in [0.25, 0.3) is 0 Å². The van der Waals surface area contributed by atoms with Gasteiger partial charge in [0.2, 0.25) is 5.91 Å². The number of aliphatic hydroxyl groups excluding tert-OH is 1. The molecule has 4 nitrogen and oxygen atoms in total. The van der Waals surface area contributed by atoms with E-state index in [0.29, 0.717) is 0 Å². The number of rotatable bonds is 3. The molecule has 0 aromatic heterocycles. The largest absolute Gasteiger partial charge is 0.384 e. The zero-order valence-electron chi connectivity index (χ0n) is 10.3. The molecular formula is C13H17BrN2O2. The first-order valence-electron chi connectivity index (χ1n) is 6.06. The number of para-hydroxylation sites is 1. The highest BCUT2D eigenvalue weighted by Gasteiger charge is 2.25. The Labute approximate surface area is 115 Å². The van der Waals surface area contributed by atoms with E-state index in [9.17, 15) is 9.90 Å². The summed E-state index contributed by atoms with van der Waals surface area (Å²) >= 11 is 3.53. The molecule has 0 unspecified atom stereocenters. The van der Waals surface area contributed by atoms with Crippen molar-refractivity contribution in [2.24, 2.45) is 0 Å². The summed E-state index contributed by atoms with van der Waals surface area (Å²) in [5, 5.41) is 12.0. The van der Waals surface area contributed by atoms with Crippen LogP contribution >= 0.6 is 15.9 Å². The second kappa shape index (κ2) is 5.71. The van der Waals surface area contributed by atoms with Gasteiger partial charge < -0.3 is 15.3 Å². The molecule has 2 rings (SSSR count). The Balaban J connectivity index is 1.97. The van der Waals surface area contributed by atoms with Crippen molar-refractivity contribution >= 4 is 27.5 Å². The van der Waals surface area contributed by atoms with Crippen LogP contribution in [-0.2, 0) is 4.79 Å². The first-order valence-corrected chi connectivity index (χ1v) is 6.85. The number of hydrogen-bond donors (Lipinski definition) is 2. The molecule has 1 aromatic rings. The van der Waals surface area contributed by atoms with Crippen molar-refractivity contribution in [2.45, 2.75) is 25.5 Å². The molecule has 1 fully saturated rings. The van der Waals surface area contributed by atoms with E-state index in [1.807, 2.05) is 18.2 Å². The van der Waals surface area contributed by atoms with E-state index in [1.165, 1.54) is 6.92 Å². The molecule has 1 heterocycles. The van der Waals surface area contributed by atoms with Crippen LogP contribution in [-0.4, -0.2) is 36.2 Å². The molecule has 0 aliphatic carbocycles. The Kier molecular flexibility index (Phi) is 4.24. The molecule has 98 valence electrons. The number of amides is 1. The van der Waals surface area contributed by atoms with E-state index in [-0.39, 0.29) is 11.9 Å². The first-order chi connectivity index (χ1) is 8.58. The summed E-state index contributed by atoms with van der Waals surface area (Å²) in [6.07, 6.45) is -0.0395. The van der Waals surface area contributed by atoms with E-state index in [2.05, 4.69) is 32.2 Å². The second-order valence-electron chi connectivity index (χ2n) is 4.57. The molecule has 1 aliphatic heterocycles. The molecule has 1 saturated heterocycles. The number of hydrogen-bond acceptors (Lipinski definition) is 3. The highest BCUT2D eigenvalue weighted by molar-refractivity contribution is 9.10. The first kappa shape index (κ1) is 13.4. The number of anilines is 1. The summed E-state index contributed by atoms with van der Waals surface area (Å²) < 4.78 is 1.06. The van der Waals surface area contributed by atoms with Crippen LogP contribution in [0.4, 0.5) is 5.69 Å². The van der Waals surface area contributed by atoms with Gasteiger partial charge in [-0.3, -0.25) is 4.79 Å². The SMILES string of the molecule is C[C@H](O)C(=O)N[C@@H]1CCN(c2ccccc2Br)C1. The van der Waals surface area contributed by atoms with E-state index < -0.39 is 6.10 Å². The lowest BCUT2D eigenvalue weighted by Crippen LogP contribution is -2.41. The molecule has 18 heavy (non-hydrogen) atoms. The summed E-state index contributed by atoms with van der Waals surface area (Å²) in [6, 6.07) is 8.16. The number of nitrogens with one attached hydrogen (secondary N) is 1. The van der Waals surface area contributed by atoms with Crippen LogP contribution in [0.2, 0.25) is 0 Å². The van der Waals surface area contributed by atoms with E-state index >= 15 is 0 Å². The Hall–Kier alpha value is -1.07. The van der Waals surface area contributed by atoms with Gasteiger partial charge in [-0.2, -0.15) is 0 Å². The number of carbonyl (C=O) groups is 1. The minimum absolute atomic E-state index is 0.110. The maximum Gasteiger partial charge on any atom is 0.248 e. The van der Waals surface area contributed by atoms with E-state index in [0.717, 1.165) is 29.7 Å². The minimum atomic E-state index is -0.942. The predicted molar refractivity (Wildman–Crippen MR) is 74.6 cm³/mol. The molecule has 1 aromatic carbocycles. The summed E-state index contributed by atoms with van der Waals surface area (Å²) in [5.74, 6) is -0.297. The summed E-state index contributed by atoms with van der Waals surface area (Å²) in [7, 11) is 0. The topological polar surface area (TPSA) is 52.6 Å². The third-order valence-electron chi connectivity index (χ3n) is 3.11. The zero-order chi connectivity index (χ0) is 13.1. The van der Waals surface area contributed by atoms with Crippen molar-refractivity contribution in [2.75, 3.05) is 18.0 Å². The van der Waals surface area contributed by atoms with Crippen LogP contribution in [0.5, 0.6) is 0 Å². The third-order valence-corrected chi connectivity index (χ3v) is 3.78. The predicted octanol–water partition coefficient (Wildman–Crippen LogP) is 1.52. The molecule has 0 saturated carbocycles. The smallest absolute Gasteiger partial charge is 0.248 e. The summed E-state index contributed by atoms with van der Waals surface area (Å²) in [4.78, 5) is 13.7. The average molecular weight is 313 g/mol. The number of halogens is 1. The highest BCUT2D eigenvalue weighted by atomic mass is 79.9. The lowest BCUT2D eigenvalue weighted by molar-refractivity contribution is -0.129. The lowest BCUT2D eigenvalue weighted by Gasteiger charge is -2.20.